The Morgan fingerprint density at radius 1 is 1.16 bits per heavy atom. The summed E-state index contributed by atoms with van der Waals surface area (Å²) in [5, 5.41) is 1.56. The van der Waals surface area contributed by atoms with Crippen molar-refractivity contribution in [2.45, 2.75) is 18.9 Å². The molecule has 0 radical (unpaired) electrons. The van der Waals surface area contributed by atoms with Crippen LogP contribution in [0.4, 0.5) is 26.3 Å². The minimum absolute atomic E-state index is 0.0372. The van der Waals surface area contributed by atoms with Crippen LogP contribution in [0.25, 0.3) is 0 Å². The molecule has 0 fully saturated rings. The van der Waals surface area contributed by atoms with E-state index in [0.717, 1.165) is 18.2 Å². The number of rotatable bonds is 2. The highest BCUT2D eigenvalue weighted by molar-refractivity contribution is 9.10. The SMILES string of the molecule is O=C(NCc1ccc(C(F)(F)F)cc1Br)C(F)(F)F. The standard InChI is InChI=1S/C10H6BrF6NO/c11-7-3-6(9(12,13)14)2-1-5(7)4-18-8(19)10(15,16)17/h1-3H,4H2,(H,18,19). The van der Waals surface area contributed by atoms with Crippen LogP contribution in [0.2, 0.25) is 0 Å². The number of alkyl halides is 6. The Labute approximate surface area is 111 Å². The monoisotopic (exact) mass is 349 g/mol. The summed E-state index contributed by atoms with van der Waals surface area (Å²) in [6, 6.07) is 2.44. The predicted molar refractivity (Wildman–Crippen MR) is 57.0 cm³/mol. The number of hydrogen-bond donors (Lipinski definition) is 1. The van der Waals surface area contributed by atoms with Crippen LogP contribution in [-0.4, -0.2) is 12.1 Å². The lowest BCUT2D eigenvalue weighted by molar-refractivity contribution is -0.173. The molecular weight excluding hydrogens is 344 g/mol. The molecule has 0 bridgehead atoms. The highest BCUT2D eigenvalue weighted by atomic mass is 79.9. The molecular formula is C10H6BrF6NO. The van der Waals surface area contributed by atoms with E-state index in [1.54, 1.807) is 5.32 Å². The molecule has 19 heavy (non-hydrogen) atoms. The molecule has 0 saturated carbocycles. The molecule has 1 aromatic rings. The molecule has 1 rings (SSSR count). The van der Waals surface area contributed by atoms with Gasteiger partial charge in [-0.15, -0.1) is 0 Å². The maximum absolute atomic E-state index is 12.3. The van der Waals surface area contributed by atoms with Crippen LogP contribution in [-0.2, 0) is 17.5 Å². The first-order valence-electron chi connectivity index (χ1n) is 4.72. The van der Waals surface area contributed by atoms with Gasteiger partial charge in [0.25, 0.3) is 0 Å². The van der Waals surface area contributed by atoms with Gasteiger partial charge >= 0.3 is 18.3 Å². The predicted octanol–water partition coefficient (Wildman–Crippen LogP) is 3.65. The Balaban J connectivity index is 2.79. The average molecular weight is 350 g/mol. The van der Waals surface area contributed by atoms with Gasteiger partial charge in [-0.1, -0.05) is 22.0 Å². The zero-order valence-electron chi connectivity index (χ0n) is 8.99. The fourth-order valence-corrected chi connectivity index (χ4v) is 1.66. The fraction of sp³-hybridized carbons (Fsp3) is 0.300. The van der Waals surface area contributed by atoms with E-state index in [9.17, 15) is 31.1 Å². The van der Waals surface area contributed by atoms with Crippen LogP contribution in [0.3, 0.4) is 0 Å². The lowest BCUT2D eigenvalue weighted by Gasteiger charge is -2.11. The first-order chi connectivity index (χ1) is 8.51. The molecule has 0 aliphatic rings. The molecule has 9 heteroatoms. The van der Waals surface area contributed by atoms with Crippen molar-refractivity contribution in [2.24, 2.45) is 0 Å². The molecule has 0 heterocycles. The van der Waals surface area contributed by atoms with E-state index in [-0.39, 0.29) is 10.0 Å². The van der Waals surface area contributed by atoms with Crippen molar-refractivity contribution >= 4 is 21.8 Å². The van der Waals surface area contributed by atoms with Gasteiger partial charge in [-0.3, -0.25) is 4.79 Å². The number of benzene rings is 1. The third-order valence-electron chi connectivity index (χ3n) is 2.08. The minimum Gasteiger partial charge on any atom is -0.344 e. The van der Waals surface area contributed by atoms with Gasteiger partial charge in [0, 0.05) is 11.0 Å². The second-order valence-corrected chi connectivity index (χ2v) is 4.34. The van der Waals surface area contributed by atoms with Crippen LogP contribution in [0.1, 0.15) is 11.1 Å². The molecule has 1 N–H and O–H groups in total. The summed E-state index contributed by atoms with van der Waals surface area (Å²) >= 11 is 2.81. The molecule has 0 unspecified atom stereocenters. The van der Waals surface area contributed by atoms with Crippen molar-refractivity contribution < 1.29 is 31.1 Å². The van der Waals surface area contributed by atoms with E-state index >= 15 is 0 Å². The van der Waals surface area contributed by atoms with E-state index in [0.29, 0.717) is 0 Å². The van der Waals surface area contributed by atoms with Crippen LogP contribution in [0.5, 0.6) is 0 Å². The van der Waals surface area contributed by atoms with Gasteiger partial charge in [-0.25, -0.2) is 0 Å². The Morgan fingerprint density at radius 3 is 2.16 bits per heavy atom. The maximum Gasteiger partial charge on any atom is 0.471 e. The smallest absolute Gasteiger partial charge is 0.344 e. The zero-order valence-corrected chi connectivity index (χ0v) is 10.6. The Kier molecular flexibility index (Phi) is 4.49. The van der Waals surface area contributed by atoms with Gasteiger partial charge in [-0.05, 0) is 17.7 Å². The summed E-state index contributed by atoms with van der Waals surface area (Å²) in [5.74, 6) is -2.15. The first-order valence-corrected chi connectivity index (χ1v) is 5.52. The van der Waals surface area contributed by atoms with E-state index in [4.69, 9.17) is 0 Å². The maximum atomic E-state index is 12.3. The summed E-state index contributed by atoms with van der Waals surface area (Å²) in [6.07, 6.45) is -9.57. The van der Waals surface area contributed by atoms with Crippen LogP contribution in [0, 0.1) is 0 Å². The molecule has 0 atom stereocenters. The number of hydrogen-bond acceptors (Lipinski definition) is 1. The summed E-state index contributed by atoms with van der Waals surface area (Å²) in [4.78, 5) is 10.5. The van der Waals surface area contributed by atoms with Crippen LogP contribution < -0.4 is 5.32 Å². The van der Waals surface area contributed by atoms with Crippen molar-refractivity contribution in [3.05, 3.63) is 33.8 Å². The number of carbonyl (C=O) groups is 1. The van der Waals surface area contributed by atoms with E-state index in [1.165, 1.54) is 0 Å². The third kappa shape index (κ3) is 4.41. The van der Waals surface area contributed by atoms with Gasteiger partial charge in [0.05, 0.1) is 5.56 Å². The summed E-state index contributed by atoms with van der Waals surface area (Å²) in [5.41, 5.74) is -0.837. The lowest BCUT2D eigenvalue weighted by atomic mass is 10.1. The van der Waals surface area contributed by atoms with E-state index in [2.05, 4.69) is 15.9 Å². The molecule has 0 aliphatic carbocycles. The topological polar surface area (TPSA) is 29.1 Å². The number of nitrogens with one attached hydrogen (secondary N) is 1. The van der Waals surface area contributed by atoms with Gasteiger partial charge in [0.15, 0.2) is 0 Å². The molecule has 0 saturated heterocycles. The third-order valence-corrected chi connectivity index (χ3v) is 2.82. The minimum atomic E-state index is -5.03. The van der Waals surface area contributed by atoms with Gasteiger partial charge < -0.3 is 5.32 Å². The second-order valence-electron chi connectivity index (χ2n) is 3.48. The molecule has 0 spiro atoms. The molecule has 1 amide bonds. The zero-order chi connectivity index (χ0) is 14.8. The van der Waals surface area contributed by atoms with Crippen molar-refractivity contribution in [1.29, 1.82) is 0 Å². The van der Waals surface area contributed by atoms with Gasteiger partial charge in [0.1, 0.15) is 0 Å². The normalized spacial score (nSPS) is 12.4. The van der Waals surface area contributed by atoms with Crippen molar-refractivity contribution in [1.82, 2.24) is 5.32 Å². The molecule has 0 aliphatic heterocycles. The largest absolute Gasteiger partial charge is 0.471 e. The Morgan fingerprint density at radius 2 is 1.74 bits per heavy atom. The highest BCUT2D eigenvalue weighted by Crippen LogP contribution is 2.32. The highest BCUT2D eigenvalue weighted by Gasteiger charge is 2.38. The van der Waals surface area contributed by atoms with Crippen molar-refractivity contribution in [2.75, 3.05) is 0 Å². The van der Waals surface area contributed by atoms with Crippen LogP contribution >= 0.6 is 15.9 Å². The van der Waals surface area contributed by atoms with Crippen LogP contribution in [0.15, 0.2) is 22.7 Å². The molecule has 2 nitrogen and oxygen atoms in total. The Bertz CT molecular complexity index is 482. The fourth-order valence-electron chi connectivity index (χ4n) is 1.14. The molecule has 0 aromatic heterocycles. The number of carbonyl (C=O) groups excluding carboxylic acids is 1. The molecule has 106 valence electrons. The first kappa shape index (κ1) is 15.8. The quantitative estimate of drug-likeness (QED) is 0.811. The second kappa shape index (κ2) is 5.40. The van der Waals surface area contributed by atoms with Crippen molar-refractivity contribution in [3.8, 4) is 0 Å². The van der Waals surface area contributed by atoms with Gasteiger partial charge in [-0.2, -0.15) is 26.3 Å². The van der Waals surface area contributed by atoms with Crippen molar-refractivity contribution in [3.63, 3.8) is 0 Å². The summed E-state index contributed by atoms with van der Waals surface area (Å²) in [7, 11) is 0. The number of halogens is 7. The molecule has 1 aromatic carbocycles. The number of amides is 1. The van der Waals surface area contributed by atoms with E-state index < -0.39 is 30.4 Å². The van der Waals surface area contributed by atoms with Gasteiger partial charge in [0.2, 0.25) is 0 Å². The summed E-state index contributed by atoms with van der Waals surface area (Å²) in [6.45, 7) is -0.531. The van der Waals surface area contributed by atoms with E-state index in [1.807, 2.05) is 0 Å². The lowest BCUT2D eigenvalue weighted by Crippen LogP contribution is -2.36. The average Bonchev–Trinajstić information content (AvgIpc) is 2.24. The summed E-state index contributed by atoms with van der Waals surface area (Å²) < 4.78 is 72.7. The Hall–Kier alpha value is -1.25.